The Morgan fingerprint density at radius 3 is 2.44 bits per heavy atom. The molecule has 0 radical (unpaired) electrons. The summed E-state index contributed by atoms with van der Waals surface area (Å²) >= 11 is 11.9. The predicted octanol–water partition coefficient (Wildman–Crippen LogP) is 4.07. The largest absolute Gasteiger partial charge is 0.347 e. The van der Waals surface area contributed by atoms with E-state index in [1.807, 2.05) is 30.3 Å². The van der Waals surface area contributed by atoms with Gasteiger partial charge < -0.3 is 10.6 Å². The molecule has 0 aliphatic carbocycles. The number of benzene rings is 2. The summed E-state index contributed by atoms with van der Waals surface area (Å²) < 4.78 is 0. The Morgan fingerprint density at radius 2 is 1.80 bits per heavy atom. The Morgan fingerprint density at radius 1 is 1.08 bits per heavy atom. The van der Waals surface area contributed by atoms with E-state index in [0.717, 1.165) is 5.56 Å². The number of halogens is 2. The highest BCUT2D eigenvalue weighted by atomic mass is 35.5. The lowest BCUT2D eigenvalue weighted by Gasteiger charge is -2.11. The van der Waals surface area contributed by atoms with Crippen LogP contribution in [0, 0.1) is 0 Å². The first-order valence-electron chi connectivity index (χ1n) is 7.43. The highest BCUT2D eigenvalue weighted by Crippen LogP contribution is 2.21. The van der Waals surface area contributed by atoms with E-state index in [9.17, 15) is 9.59 Å². The van der Waals surface area contributed by atoms with E-state index >= 15 is 0 Å². The quantitative estimate of drug-likeness (QED) is 0.591. The third-order valence-electron chi connectivity index (χ3n) is 3.19. The molecule has 0 aromatic heterocycles. The van der Waals surface area contributed by atoms with Gasteiger partial charge in [0.2, 0.25) is 0 Å². The van der Waals surface area contributed by atoms with Crippen molar-refractivity contribution in [2.45, 2.75) is 0 Å². The molecule has 4 nitrogen and oxygen atoms in total. The highest BCUT2D eigenvalue weighted by Gasteiger charge is 2.16. The van der Waals surface area contributed by atoms with Crippen LogP contribution in [0.4, 0.5) is 0 Å². The van der Waals surface area contributed by atoms with Crippen molar-refractivity contribution in [3.63, 3.8) is 0 Å². The van der Waals surface area contributed by atoms with Gasteiger partial charge in [0.05, 0.1) is 10.6 Å². The molecule has 128 valence electrons. The van der Waals surface area contributed by atoms with Gasteiger partial charge in [0, 0.05) is 11.6 Å². The Hall–Kier alpha value is -2.56. The zero-order chi connectivity index (χ0) is 18.2. The number of nitrogens with one attached hydrogen (secondary N) is 2. The summed E-state index contributed by atoms with van der Waals surface area (Å²) in [7, 11) is 0. The second-order valence-electron chi connectivity index (χ2n) is 5.05. The summed E-state index contributed by atoms with van der Waals surface area (Å²) in [5, 5.41) is 5.86. The molecule has 0 aliphatic rings. The summed E-state index contributed by atoms with van der Waals surface area (Å²) in [5.74, 6) is -0.931. The van der Waals surface area contributed by atoms with Crippen LogP contribution in [0.2, 0.25) is 10.0 Å². The SMILES string of the molecule is C=CCNC(=O)/C(=C/c1ccccc1)NC(=O)c1ccc(Cl)cc1Cl. The van der Waals surface area contributed by atoms with Crippen molar-refractivity contribution in [2.75, 3.05) is 6.54 Å². The average Bonchev–Trinajstić information content (AvgIpc) is 2.59. The molecule has 0 saturated carbocycles. The lowest BCUT2D eigenvalue weighted by molar-refractivity contribution is -0.117. The molecule has 0 saturated heterocycles. The predicted molar refractivity (Wildman–Crippen MR) is 102 cm³/mol. The van der Waals surface area contributed by atoms with E-state index in [2.05, 4.69) is 17.2 Å². The Balaban J connectivity index is 2.29. The lowest BCUT2D eigenvalue weighted by Crippen LogP contribution is -2.35. The topological polar surface area (TPSA) is 58.2 Å². The van der Waals surface area contributed by atoms with Crippen LogP contribution < -0.4 is 10.6 Å². The summed E-state index contributed by atoms with van der Waals surface area (Å²) in [4.78, 5) is 24.8. The number of rotatable bonds is 6. The molecule has 2 amide bonds. The summed E-state index contributed by atoms with van der Waals surface area (Å²) in [6, 6.07) is 13.7. The van der Waals surface area contributed by atoms with Crippen molar-refractivity contribution in [3.05, 3.63) is 88.1 Å². The molecule has 0 spiro atoms. The normalized spacial score (nSPS) is 10.9. The van der Waals surface area contributed by atoms with Gasteiger partial charge in [0.15, 0.2) is 0 Å². The van der Waals surface area contributed by atoms with Gasteiger partial charge in [-0.25, -0.2) is 0 Å². The van der Waals surface area contributed by atoms with Crippen LogP contribution in [0.5, 0.6) is 0 Å². The van der Waals surface area contributed by atoms with Gasteiger partial charge in [-0.15, -0.1) is 6.58 Å². The molecule has 0 atom stereocenters. The second kappa shape index (κ2) is 9.06. The minimum atomic E-state index is -0.502. The number of amides is 2. The molecule has 2 aromatic rings. The molecule has 25 heavy (non-hydrogen) atoms. The van der Waals surface area contributed by atoms with E-state index in [4.69, 9.17) is 23.2 Å². The third kappa shape index (κ3) is 5.48. The van der Waals surface area contributed by atoms with E-state index in [0.29, 0.717) is 5.02 Å². The zero-order valence-electron chi connectivity index (χ0n) is 13.3. The van der Waals surface area contributed by atoms with Crippen LogP contribution in [-0.2, 0) is 4.79 Å². The van der Waals surface area contributed by atoms with Gasteiger partial charge in [0.1, 0.15) is 5.70 Å². The van der Waals surface area contributed by atoms with Gasteiger partial charge in [0.25, 0.3) is 11.8 Å². The van der Waals surface area contributed by atoms with Crippen LogP contribution in [-0.4, -0.2) is 18.4 Å². The molecule has 2 rings (SSSR count). The molecule has 0 fully saturated rings. The molecule has 2 N–H and O–H groups in total. The minimum absolute atomic E-state index is 0.101. The average molecular weight is 375 g/mol. The van der Waals surface area contributed by atoms with E-state index in [1.54, 1.807) is 18.2 Å². The first-order valence-corrected chi connectivity index (χ1v) is 8.19. The molecule has 0 aliphatic heterocycles. The first-order chi connectivity index (χ1) is 12.0. The molecule has 0 heterocycles. The van der Waals surface area contributed by atoms with Gasteiger partial charge in [-0.3, -0.25) is 9.59 Å². The minimum Gasteiger partial charge on any atom is -0.347 e. The van der Waals surface area contributed by atoms with Crippen LogP contribution in [0.1, 0.15) is 15.9 Å². The maximum atomic E-state index is 12.5. The van der Waals surface area contributed by atoms with Crippen molar-refractivity contribution in [2.24, 2.45) is 0 Å². The molecule has 0 bridgehead atoms. The summed E-state index contributed by atoms with van der Waals surface area (Å²) in [5.41, 5.74) is 1.10. The Kier molecular flexibility index (Phi) is 6.81. The fourth-order valence-corrected chi connectivity index (χ4v) is 2.49. The Bertz CT molecular complexity index is 817. The maximum Gasteiger partial charge on any atom is 0.268 e. The molecule has 2 aromatic carbocycles. The first kappa shape index (κ1) is 18.8. The number of carbonyl (C=O) groups excluding carboxylic acids is 2. The van der Waals surface area contributed by atoms with E-state index in [1.165, 1.54) is 12.1 Å². The summed E-state index contributed by atoms with van der Waals surface area (Å²) in [6.45, 7) is 3.83. The van der Waals surface area contributed by atoms with Crippen molar-refractivity contribution in [3.8, 4) is 0 Å². The molecular weight excluding hydrogens is 359 g/mol. The standard InChI is InChI=1S/C19H16Cl2N2O2/c1-2-10-22-19(25)17(11-13-6-4-3-5-7-13)23-18(24)15-9-8-14(20)12-16(15)21/h2-9,11-12H,1,10H2,(H,22,25)(H,23,24)/b17-11-. The number of carbonyl (C=O) groups is 2. The van der Waals surface area contributed by atoms with Crippen molar-refractivity contribution in [1.82, 2.24) is 10.6 Å². The van der Waals surface area contributed by atoms with Crippen molar-refractivity contribution in [1.29, 1.82) is 0 Å². The molecule has 0 unspecified atom stereocenters. The third-order valence-corrected chi connectivity index (χ3v) is 3.73. The van der Waals surface area contributed by atoms with Gasteiger partial charge >= 0.3 is 0 Å². The van der Waals surface area contributed by atoms with E-state index < -0.39 is 11.8 Å². The van der Waals surface area contributed by atoms with Crippen molar-refractivity contribution < 1.29 is 9.59 Å². The van der Waals surface area contributed by atoms with Gasteiger partial charge in [-0.05, 0) is 29.8 Å². The molecular formula is C19H16Cl2N2O2. The zero-order valence-corrected chi connectivity index (χ0v) is 14.8. The van der Waals surface area contributed by atoms with Crippen LogP contribution in [0.3, 0.4) is 0 Å². The maximum absolute atomic E-state index is 12.5. The lowest BCUT2D eigenvalue weighted by atomic mass is 10.1. The van der Waals surface area contributed by atoms with Crippen LogP contribution in [0.25, 0.3) is 6.08 Å². The van der Waals surface area contributed by atoms with Gasteiger partial charge in [-0.1, -0.05) is 59.6 Å². The van der Waals surface area contributed by atoms with Crippen LogP contribution in [0.15, 0.2) is 66.9 Å². The van der Waals surface area contributed by atoms with Crippen LogP contribution >= 0.6 is 23.2 Å². The number of hydrogen-bond acceptors (Lipinski definition) is 2. The summed E-state index contributed by atoms with van der Waals surface area (Å²) in [6.07, 6.45) is 3.13. The number of hydrogen-bond donors (Lipinski definition) is 2. The fraction of sp³-hybridized carbons (Fsp3) is 0.0526. The second-order valence-corrected chi connectivity index (χ2v) is 5.89. The fourth-order valence-electron chi connectivity index (χ4n) is 2.00. The monoisotopic (exact) mass is 374 g/mol. The van der Waals surface area contributed by atoms with Crippen molar-refractivity contribution >= 4 is 41.1 Å². The highest BCUT2D eigenvalue weighted by molar-refractivity contribution is 6.36. The van der Waals surface area contributed by atoms with Gasteiger partial charge in [-0.2, -0.15) is 0 Å². The van der Waals surface area contributed by atoms with E-state index in [-0.39, 0.29) is 22.8 Å². The Labute approximate surface area is 156 Å². The molecule has 6 heteroatoms. The smallest absolute Gasteiger partial charge is 0.268 e.